The predicted molar refractivity (Wildman–Crippen MR) is 82.9 cm³/mol. The van der Waals surface area contributed by atoms with Gasteiger partial charge in [-0.3, -0.25) is 0 Å². The lowest BCUT2D eigenvalue weighted by Gasteiger charge is -2.33. The number of anilines is 2. The highest BCUT2D eigenvalue weighted by atomic mass is 15.1. The van der Waals surface area contributed by atoms with Crippen LogP contribution in [0.2, 0.25) is 0 Å². The van der Waals surface area contributed by atoms with Crippen molar-refractivity contribution in [3.8, 4) is 0 Å². The van der Waals surface area contributed by atoms with E-state index >= 15 is 0 Å². The fourth-order valence-corrected chi connectivity index (χ4v) is 2.36. The van der Waals surface area contributed by atoms with Crippen molar-refractivity contribution in [1.82, 2.24) is 9.97 Å². The van der Waals surface area contributed by atoms with Crippen LogP contribution in [0.15, 0.2) is 0 Å². The molecule has 0 amide bonds. The average molecular weight is 264 g/mol. The zero-order chi connectivity index (χ0) is 14.5. The van der Waals surface area contributed by atoms with Gasteiger partial charge in [0.15, 0.2) is 0 Å². The molecule has 0 atom stereocenters. The predicted octanol–water partition coefficient (Wildman–Crippen LogP) is 3.91. The van der Waals surface area contributed by atoms with Gasteiger partial charge in [0.2, 0.25) is 0 Å². The molecule has 0 aliphatic carbocycles. The molecule has 0 spiro atoms. The van der Waals surface area contributed by atoms with E-state index < -0.39 is 0 Å². The third kappa shape index (κ3) is 3.58. The lowest BCUT2D eigenvalue weighted by atomic mass is 9.89. The Morgan fingerprint density at radius 1 is 0.895 bits per heavy atom. The van der Waals surface area contributed by atoms with Crippen molar-refractivity contribution in [2.45, 2.75) is 66.3 Å². The van der Waals surface area contributed by atoms with Gasteiger partial charge < -0.3 is 10.6 Å². The fraction of sp³-hybridized carbons (Fsp3) is 0.733. The zero-order valence-corrected chi connectivity index (χ0v) is 13.2. The number of nitrogens with zero attached hydrogens (tertiary/aromatic N) is 2. The normalized spacial score (nSPS) is 11.5. The summed E-state index contributed by atoms with van der Waals surface area (Å²) in [6.45, 7) is 13.7. The van der Waals surface area contributed by atoms with E-state index in [1.807, 2.05) is 6.92 Å². The van der Waals surface area contributed by atoms with Gasteiger partial charge in [0.1, 0.15) is 17.5 Å². The van der Waals surface area contributed by atoms with E-state index in [-0.39, 0.29) is 5.54 Å². The van der Waals surface area contributed by atoms with E-state index in [2.05, 4.69) is 55.2 Å². The van der Waals surface area contributed by atoms with Crippen LogP contribution in [0.25, 0.3) is 0 Å². The minimum atomic E-state index is 0.134. The van der Waals surface area contributed by atoms with Crippen LogP contribution in [-0.2, 0) is 0 Å². The van der Waals surface area contributed by atoms with Crippen molar-refractivity contribution in [2.24, 2.45) is 0 Å². The maximum absolute atomic E-state index is 4.58. The number of nitrogens with one attached hydrogen (secondary N) is 2. The minimum Gasteiger partial charge on any atom is -0.370 e. The van der Waals surface area contributed by atoms with E-state index in [1.165, 1.54) is 0 Å². The van der Waals surface area contributed by atoms with E-state index in [0.717, 1.165) is 48.8 Å². The number of rotatable bonds is 7. The van der Waals surface area contributed by atoms with Crippen LogP contribution >= 0.6 is 0 Å². The van der Waals surface area contributed by atoms with E-state index in [4.69, 9.17) is 0 Å². The van der Waals surface area contributed by atoms with Crippen LogP contribution in [0.3, 0.4) is 0 Å². The van der Waals surface area contributed by atoms with Gasteiger partial charge in [-0.05, 0) is 40.0 Å². The highest BCUT2D eigenvalue weighted by molar-refractivity contribution is 5.58. The fourth-order valence-electron chi connectivity index (χ4n) is 2.36. The van der Waals surface area contributed by atoms with Gasteiger partial charge in [-0.15, -0.1) is 0 Å². The van der Waals surface area contributed by atoms with Crippen LogP contribution < -0.4 is 10.6 Å². The first-order chi connectivity index (χ1) is 9.01. The van der Waals surface area contributed by atoms with Crippen LogP contribution in [0.1, 0.15) is 58.3 Å². The number of hydrogen-bond acceptors (Lipinski definition) is 4. The standard InChI is InChI=1S/C15H28N4/c1-7-15(8-2,9-3)19-14-11(5)13(16-10-4)17-12(6)18-14/h7-10H2,1-6H3,(H2,16,17,18,19). The lowest BCUT2D eigenvalue weighted by molar-refractivity contribution is 0.418. The first-order valence-corrected chi connectivity index (χ1v) is 7.39. The second-order valence-corrected chi connectivity index (χ2v) is 5.09. The molecule has 0 aliphatic heterocycles. The van der Waals surface area contributed by atoms with Gasteiger partial charge >= 0.3 is 0 Å². The Morgan fingerprint density at radius 2 is 1.42 bits per heavy atom. The highest BCUT2D eigenvalue weighted by Gasteiger charge is 2.25. The summed E-state index contributed by atoms with van der Waals surface area (Å²) in [5.41, 5.74) is 1.24. The van der Waals surface area contributed by atoms with E-state index in [0.29, 0.717) is 0 Å². The second-order valence-electron chi connectivity index (χ2n) is 5.09. The molecule has 0 unspecified atom stereocenters. The molecule has 1 rings (SSSR count). The molecule has 1 heterocycles. The minimum absolute atomic E-state index is 0.134. The monoisotopic (exact) mass is 264 g/mol. The Morgan fingerprint density at radius 3 is 1.89 bits per heavy atom. The topological polar surface area (TPSA) is 49.8 Å². The maximum Gasteiger partial charge on any atom is 0.135 e. The van der Waals surface area contributed by atoms with Crippen LogP contribution in [0, 0.1) is 13.8 Å². The Labute approximate surface area is 117 Å². The Kier molecular flexibility index (Phi) is 5.58. The summed E-state index contributed by atoms with van der Waals surface area (Å²) in [5.74, 6) is 2.71. The molecule has 4 nitrogen and oxygen atoms in total. The smallest absolute Gasteiger partial charge is 0.135 e. The van der Waals surface area contributed by atoms with Crippen molar-refractivity contribution in [3.63, 3.8) is 0 Å². The van der Waals surface area contributed by atoms with Crippen LogP contribution in [0.5, 0.6) is 0 Å². The summed E-state index contributed by atoms with van der Waals surface area (Å²) in [6.07, 6.45) is 3.29. The summed E-state index contributed by atoms with van der Waals surface area (Å²) in [5, 5.41) is 6.96. The quantitative estimate of drug-likeness (QED) is 0.784. The molecule has 0 fully saturated rings. The summed E-state index contributed by atoms with van der Waals surface area (Å²) < 4.78 is 0. The molecule has 1 aromatic rings. The van der Waals surface area contributed by atoms with Gasteiger partial charge in [0.25, 0.3) is 0 Å². The highest BCUT2D eigenvalue weighted by Crippen LogP contribution is 2.28. The Balaban J connectivity index is 3.12. The molecule has 0 aliphatic rings. The van der Waals surface area contributed by atoms with E-state index in [9.17, 15) is 0 Å². The molecule has 108 valence electrons. The first kappa shape index (κ1) is 15.7. The third-order valence-electron chi connectivity index (χ3n) is 4.02. The van der Waals surface area contributed by atoms with Gasteiger partial charge in [-0.1, -0.05) is 20.8 Å². The second kappa shape index (κ2) is 6.73. The van der Waals surface area contributed by atoms with Crippen LogP contribution in [-0.4, -0.2) is 22.1 Å². The maximum atomic E-state index is 4.58. The Bertz CT molecular complexity index is 403. The number of aromatic nitrogens is 2. The molecular formula is C15H28N4. The Hall–Kier alpha value is -1.32. The molecule has 2 N–H and O–H groups in total. The van der Waals surface area contributed by atoms with Gasteiger partial charge in [-0.25, -0.2) is 9.97 Å². The van der Waals surface area contributed by atoms with Gasteiger partial charge in [-0.2, -0.15) is 0 Å². The molecule has 19 heavy (non-hydrogen) atoms. The molecule has 0 aromatic carbocycles. The van der Waals surface area contributed by atoms with Crippen molar-refractivity contribution in [2.75, 3.05) is 17.2 Å². The van der Waals surface area contributed by atoms with Crippen molar-refractivity contribution < 1.29 is 0 Å². The summed E-state index contributed by atoms with van der Waals surface area (Å²) in [6, 6.07) is 0. The molecule has 1 aromatic heterocycles. The third-order valence-corrected chi connectivity index (χ3v) is 4.02. The number of hydrogen-bond donors (Lipinski definition) is 2. The molecule has 0 saturated carbocycles. The van der Waals surface area contributed by atoms with Gasteiger partial charge in [0.05, 0.1) is 0 Å². The zero-order valence-electron chi connectivity index (χ0n) is 13.2. The molecule has 0 saturated heterocycles. The molecule has 0 radical (unpaired) electrons. The first-order valence-electron chi connectivity index (χ1n) is 7.39. The summed E-state index contributed by atoms with van der Waals surface area (Å²) >= 11 is 0. The average Bonchev–Trinajstić information content (AvgIpc) is 2.41. The van der Waals surface area contributed by atoms with Crippen LogP contribution in [0.4, 0.5) is 11.6 Å². The summed E-state index contributed by atoms with van der Waals surface area (Å²) in [7, 11) is 0. The molecular weight excluding hydrogens is 236 g/mol. The number of aryl methyl sites for hydroxylation is 1. The van der Waals surface area contributed by atoms with E-state index in [1.54, 1.807) is 0 Å². The van der Waals surface area contributed by atoms with Crippen molar-refractivity contribution in [1.29, 1.82) is 0 Å². The molecule has 4 heteroatoms. The van der Waals surface area contributed by atoms with Crippen molar-refractivity contribution in [3.05, 3.63) is 11.4 Å². The van der Waals surface area contributed by atoms with Crippen molar-refractivity contribution >= 4 is 11.6 Å². The van der Waals surface area contributed by atoms with Gasteiger partial charge in [0, 0.05) is 17.6 Å². The summed E-state index contributed by atoms with van der Waals surface area (Å²) in [4.78, 5) is 9.05. The molecule has 0 bridgehead atoms. The SMILES string of the molecule is CCNc1nc(C)nc(NC(CC)(CC)CC)c1C. The lowest BCUT2D eigenvalue weighted by Crippen LogP contribution is -2.37. The largest absolute Gasteiger partial charge is 0.370 e.